The molecule has 0 amide bonds. The van der Waals surface area contributed by atoms with Crippen LogP contribution in [-0.4, -0.2) is 18.6 Å². The molecular weight excluding hydrogens is 466 g/mol. The summed E-state index contributed by atoms with van der Waals surface area (Å²) in [5.41, 5.74) is 11.7. The third kappa shape index (κ3) is 4.53. The number of esters is 1. The van der Waals surface area contributed by atoms with Crippen molar-refractivity contribution in [2.75, 3.05) is 6.54 Å². The van der Waals surface area contributed by atoms with Crippen LogP contribution in [0.1, 0.15) is 120 Å². The molecule has 2 N–H and O–H groups in total. The van der Waals surface area contributed by atoms with Crippen LogP contribution in [0.25, 0.3) is 0 Å². The number of halogens is 1. The first-order valence-corrected chi connectivity index (χ1v) is 14.6. The summed E-state index contributed by atoms with van der Waals surface area (Å²) in [5, 5.41) is 0. The molecule has 4 rings (SSSR count). The van der Waals surface area contributed by atoms with E-state index in [0.717, 1.165) is 24.7 Å². The normalized spacial score (nSPS) is 39.8. The highest BCUT2D eigenvalue weighted by Gasteiger charge is 2.63. The Morgan fingerprint density at radius 1 is 1.03 bits per heavy atom. The summed E-state index contributed by atoms with van der Waals surface area (Å²) in [7, 11) is 0. The summed E-state index contributed by atoms with van der Waals surface area (Å²) in [6.45, 7) is 19.5. The molecule has 7 atom stereocenters. The van der Waals surface area contributed by atoms with E-state index in [1.54, 1.807) is 0 Å². The molecule has 0 heterocycles. The van der Waals surface area contributed by atoms with Crippen molar-refractivity contribution >= 4 is 18.4 Å². The average molecular weight is 520 g/mol. The first kappa shape index (κ1) is 29.8. The van der Waals surface area contributed by atoms with Crippen molar-refractivity contribution in [3.8, 4) is 0 Å². The molecule has 206 valence electrons. The van der Waals surface area contributed by atoms with E-state index in [1.807, 2.05) is 11.1 Å². The number of nitrogens with two attached hydrogens (primary N) is 1. The molecule has 3 nitrogen and oxygen atoms in total. The number of rotatable bonds is 6. The highest BCUT2D eigenvalue weighted by atomic mass is 35.5. The first-order valence-electron chi connectivity index (χ1n) is 14.6. The molecule has 2 saturated carbocycles. The van der Waals surface area contributed by atoms with E-state index in [-0.39, 0.29) is 41.9 Å². The van der Waals surface area contributed by atoms with Crippen molar-refractivity contribution in [3.63, 3.8) is 0 Å². The van der Waals surface area contributed by atoms with Gasteiger partial charge in [0.15, 0.2) is 0 Å². The molecule has 1 unspecified atom stereocenters. The van der Waals surface area contributed by atoms with Crippen molar-refractivity contribution < 1.29 is 9.53 Å². The van der Waals surface area contributed by atoms with Crippen LogP contribution in [0.2, 0.25) is 0 Å². The summed E-state index contributed by atoms with van der Waals surface area (Å²) < 4.78 is 5.89. The molecule has 0 aromatic rings. The molecule has 2 fully saturated rings. The molecule has 0 saturated heterocycles. The predicted octanol–water partition coefficient (Wildman–Crippen LogP) is 8.41. The quantitative estimate of drug-likeness (QED) is 0.283. The van der Waals surface area contributed by atoms with Gasteiger partial charge in [0.1, 0.15) is 6.10 Å². The Labute approximate surface area is 227 Å². The van der Waals surface area contributed by atoms with Gasteiger partial charge < -0.3 is 10.5 Å². The van der Waals surface area contributed by atoms with Gasteiger partial charge in [-0.3, -0.25) is 4.79 Å². The van der Waals surface area contributed by atoms with Crippen molar-refractivity contribution in [3.05, 3.63) is 22.8 Å². The van der Waals surface area contributed by atoms with Crippen molar-refractivity contribution in [1.29, 1.82) is 0 Å². The lowest BCUT2D eigenvalue weighted by molar-refractivity contribution is -0.168. The number of allylic oxidation sites excluding steroid dienone is 4. The number of carbonyl (C=O) groups excluding carboxylic acids is 1. The molecule has 0 aromatic carbocycles. The van der Waals surface area contributed by atoms with Crippen molar-refractivity contribution in [2.24, 2.45) is 45.1 Å². The van der Waals surface area contributed by atoms with Crippen LogP contribution in [0.5, 0.6) is 0 Å². The molecule has 0 bridgehead atoms. The fourth-order valence-corrected chi connectivity index (χ4v) is 9.87. The minimum Gasteiger partial charge on any atom is -0.461 e. The Bertz CT molecular complexity index is 902. The fourth-order valence-electron chi connectivity index (χ4n) is 9.87. The van der Waals surface area contributed by atoms with E-state index in [2.05, 4.69) is 61.5 Å². The van der Waals surface area contributed by atoms with Gasteiger partial charge in [0.2, 0.25) is 0 Å². The molecule has 0 radical (unpaired) electrons. The fraction of sp³-hybridized carbons (Fsp3) is 0.844. The molecule has 0 aromatic heterocycles. The van der Waals surface area contributed by atoms with Crippen molar-refractivity contribution in [1.82, 2.24) is 0 Å². The van der Waals surface area contributed by atoms with Gasteiger partial charge in [0.05, 0.1) is 6.54 Å². The lowest BCUT2D eigenvalue weighted by Gasteiger charge is -2.62. The summed E-state index contributed by atoms with van der Waals surface area (Å²) in [6.07, 6.45) is 14.9. The van der Waals surface area contributed by atoms with E-state index < -0.39 is 0 Å². The molecular formula is C32H54ClNO2. The van der Waals surface area contributed by atoms with Gasteiger partial charge in [0.25, 0.3) is 0 Å². The van der Waals surface area contributed by atoms with Gasteiger partial charge in [-0.15, -0.1) is 12.4 Å². The van der Waals surface area contributed by atoms with Gasteiger partial charge in [-0.05, 0) is 112 Å². The van der Waals surface area contributed by atoms with E-state index in [0.29, 0.717) is 16.7 Å². The van der Waals surface area contributed by atoms with Crippen LogP contribution in [0.3, 0.4) is 0 Å². The minimum atomic E-state index is -0.251. The second-order valence-corrected chi connectivity index (χ2v) is 14.2. The maximum atomic E-state index is 12.1. The Morgan fingerprint density at radius 2 is 1.72 bits per heavy atom. The highest BCUT2D eigenvalue weighted by molar-refractivity contribution is 5.85. The van der Waals surface area contributed by atoms with Crippen LogP contribution >= 0.6 is 12.4 Å². The van der Waals surface area contributed by atoms with E-state index in [9.17, 15) is 4.79 Å². The maximum absolute atomic E-state index is 12.1. The van der Waals surface area contributed by atoms with E-state index in [1.165, 1.54) is 56.9 Å². The summed E-state index contributed by atoms with van der Waals surface area (Å²) >= 11 is 0. The van der Waals surface area contributed by atoms with Gasteiger partial charge in [-0.1, -0.05) is 64.3 Å². The molecule has 4 aliphatic carbocycles. The van der Waals surface area contributed by atoms with Crippen LogP contribution in [0.15, 0.2) is 22.8 Å². The Hall–Kier alpha value is -0.800. The van der Waals surface area contributed by atoms with E-state index in [4.69, 9.17) is 10.5 Å². The third-order valence-electron chi connectivity index (χ3n) is 12.1. The zero-order chi connectivity index (χ0) is 25.8. The molecule has 4 aliphatic rings. The molecule has 0 spiro atoms. The molecule has 4 heteroatoms. The lowest BCUT2D eigenvalue weighted by Crippen LogP contribution is -2.56. The predicted molar refractivity (Wildman–Crippen MR) is 153 cm³/mol. The highest BCUT2D eigenvalue weighted by Crippen LogP contribution is 2.72. The Morgan fingerprint density at radius 3 is 2.36 bits per heavy atom. The topological polar surface area (TPSA) is 52.3 Å². The maximum Gasteiger partial charge on any atom is 0.319 e. The van der Waals surface area contributed by atoms with Gasteiger partial charge >= 0.3 is 5.97 Å². The van der Waals surface area contributed by atoms with Crippen LogP contribution in [0, 0.1) is 39.4 Å². The SMILES string of the molecule is CC(C)=CCC[C@@H](C)[C@H]1CC[C@@]2(C)C3=C(CC[C@]12C)[C@@]1(C)CC[C@H](OC(=O)CN)C(C)(C)C1CC3.Cl. The zero-order valence-corrected chi connectivity index (χ0v) is 25.3. The smallest absolute Gasteiger partial charge is 0.319 e. The second kappa shape index (κ2) is 10.4. The van der Waals surface area contributed by atoms with Gasteiger partial charge in [0, 0.05) is 5.41 Å². The Kier molecular flexibility index (Phi) is 8.60. The third-order valence-corrected chi connectivity index (χ3v) is 12.1. The Balaban J connectivity index is 0.00000361. The number of hydrogen-bond acceptors (Lipinski definition) is 3. The first-order chi connectivity index (χ1) is 16.3. The van der Waals surface area contributed by atoms with Crippen LogP contribution < -0.4 is 5.73 Å². The summed E-state index contributed by atoms with van der Waals surface area (Å²) in [4.78, 5) is 12.1. The van der Waals surface area contributed by atoms with Crippen LogP contribution in [-0.2, 0) is 9.53 Å². The monoisotopic (exact) mass is 519 g/mol. The van der Waals surface area contributed by atoms with Crippen molar-refractivity contribution in [2.45, 2.75) is 126 Å². The summed E-state index contributed by atoms with van der Waals surface area (Å²) in [6, 6.07) is 0. The number of fused-ring (bicyclic) bond motifs is 4. The average Bonchev–Trinajstić information content (AvgIpc) is 3.06. The molecule has 0 aliphatic heterocycles. The van der Waals surface area contributed by atoms with Crippen LogP contribution in [0.4, 0.5) is 0 Å². The van der Waals surface area contributed by atoms with E-state index >= 15 is 0 Å². The second-order valence-electron chi connectivity index (χ2n) is 14.2. The van der Waals surface area contributed by atoms with Gasteiger partial charge in [-0.2, -0.15) is 0 Å². The van der Waals surface area contributed by atoms with Gasteiger partial charge in [-0.25, -0.2) is 0 Å². The standard InChI is InChI=1S/C32H53NO2.ClH/c1-21(2)10-9-11-22(3)23-14-18-32(8)25-12-13-26-29(4,5)27(35-28(34)20-33)16-17-30(26,6)24(25)15-19-31(23,32)7;/h10,22-23,26-27H,9,11-20,33H2,1-8H3;1H/t22-,23-,26?,27+,30-,31-,32+;/m1./s1. The molecule has 36 heavy (non-hydrogen) atoms. The lowest BCUT2D eigenvalue weighted by atomic mass is 9.43. The number of carbonyl (C=O) groups is 1. The number of hydrogen-bond donors (Lipinski definition) is 1. The number of ether oxygens (including phenoxy) is 1. The summed E-state index contributed by atoms with van der Waals surface area (Å²) in [5.74, 6) is 1.93. The largest absolute Gasteiger partial charge is 0.461 e. The minimum absolute atomic E-state index is 0. The zero-order valence-electron chi connectivity index (χ0n) is 24.5.